The number of piperidine rings is 2. The van der Waals surface area contributed by atoms with Crippen LogP contribution in [0.4, 0.5) is 11.9 Å². The summed E-state index contributed by atoms with van der Waals surface area (Å²) in [6.45, 7) is 27.7. The first-order chi connectivity index (χ1) is 17.9. The second-order valence-corrected chi connectivity index (χ2v) is 15.1. The van der Waals surface area contributed by atoms with Crippen molar-refractivity contribution in [3.63, 3.8) is 0 Å². The van der Waals surface area contributed by atoms with E-state index in [0.717, 1.165) is 82.2 Å². The largest absolute Gasteiger partial charge is 0.338 e. The Morgan fingerprint density at radius 2 is 0.923 bits per heavy atom. The van der Waals surface area contributed by atoms with Crippen LogP contribution in [-0.2, 0) is 0 Å². The summed E-state index contributed by atoms with van der Waals surface area (Å²) in [4.78, 5) is 25.5. The fourth-order valence-electron chi connectivity index (χ4n) is 7.34. The van der Waals surface area contributed by atoms with E-state index in [9.17, 15) is 0 Å². The normalized spacial score (nSPS) is 23.6. The van der Waals surface area contributed by atoms with Gasteiger partial charge in [0.25, 0.3) is 0 Å². The highest BCUT2D eigenvalue weighted by molar-refractivity contribution is 5.42. The monoisotopic (exact) mass is 543 g/mol. The van der Waals surface area contributed by atoms with Crippen LogP contribution in [0.5, 0.6) is 0 Å². The third-order valence-electron chi connectivity index (χ3n) is 10.2. The molecule has 2 saturated heterocycles. The number of aromatic nitrogens is 3. The van der Waals surface area contributed by atoms with Gasteiger partial charge in [0, 0.05) is 47.3 Å². The zero-order chi connectivity index (χ0) is 29.4. The number of likely N-dealkylation sites (tertiary alicyclic amines) is 2. The molecule has 0 aliphatic carbocycles. The molecule has 0 saturated carbocycles. The van der Waals surface area contributed by atoms with E-state index in [4.69, 9.17) is 15.0 Å². The molecular formula is C32H61N7. The Bertz CT molecular complexity index is 846. The Kier molecular flexibility index (Phi) is 9.69. The van der Waals surface area contributed by atoms with Gasteiger partial charge in [-0.15, -0.1) is 0 Å². The first-order valence-electron chi connectivity index (χ1n) is 15.7. The lowest BCUT2D eigenvalue weighted by Crippen LogP contribution is -2.63. The van der Waals surface area contributed by atoms with Crippen LogP contribution in [-0.4, -0.2) is 86.2 Å². The van der Waals surface area contributed by atoms with E-state index in [1.807, 2.05) is 0 Å². The van der Waals surface area contributed by atoms with Gasteiger partial charge in [0.1, 0.15) is 5.82 Å². The lowest BCUT2D eigenvalue weighted by Gasteiger charge is -2.56. The zero-order valence-electron chi connectivity index (χ0n) is 27.9. The number of anilines is 2. The van der Waals surface area contributed by atoms with Gasteiger partial charge in [-0.25, -0.2) is 0 Å². The summed E-state index contributed by atoms with van der Waals surface area (Å²) in [6.07, 6.45) is 9.03. The molecule has 2 aliphatic rings. The number of rotatable bonds is 10. The van der Waals surface area contributed by atoms with Crippen molar-refractivity contribution >= 4 is 11.9 Å². The topological polar surface area (TPSA) is 51.6 Å². The smallest absolute Gasteiger partial charge is 0.230 e. The number of aryl methyl sites for hydroxylation is 1. The highest BCUT2D eigenvalue weighted by atomic mass is 15.4. The fraction of sp³-hybridized carbons (Fsp3) is 0.906. The van der Waals surface area contributed by atoms with Crippen LogP contribution < -0.4 is 9.80 Å². The molecule has 0 aromatic carbocycles. The molecule has 7 nitrogen and oxygen atoms in total. The van der Waals surface area contributed by atoms with Crippen LogP contribution in [0.2, 0.25) is 0 Å². The van der Waals surface area contributed by atoms with E-state index in [1.165, 1.54) is 0 Å². The number of unbranched alkanes of at least 4 members (excludes halogenated alkanes) is 2. The van der Waals surface area contributed by atoms with E-state index in [-0.39, 0.29) is 22.2 Å². The van der Waals surface area contributed by atoms with Crippen LogP contribution in [0.25, 0.3) is 0 Å². The minimum Gasteiger partial charge on any atom is -0.338 e. The molecule has 0 amide bonds. The van der Waals surface area contributed by atoms with Crippen molar-refractivity contribution in [2.45, 2.75) is 162 Å². The second-order valence-electron chi connectivity index (χ2n) is 15.1. The highest BCUT2D eigenvalue weighted by Crippen LogP contribution is 2.41. The molecular weight excluding hydrogens is 482 g/mol. The molecule has 3 heterocycles. The average Bonchev–Trinajstić information content (AvgIpc) is 2.80. The third kappa shape index (κ3) is 7.06. The predicted molar refractivity (Wildman–Crippen MR) is 167 cm³/mol. The molecule has 2 fully saturated rings. The van der Waals surface area contributed by atoms with Crippen LogP contribution in [0.15, 0.2) is 0 Å². The van der Waals surface area contributed by atoms with Crippen molar-refractivity contribution in [1.82, 2.24) is 24.8 Å². The second kappa shape index (κ2) is 11.8. The molecule has 0 bridgehead atoms. The molecule has 7 heteroatoms. The van der Waals surface area contributed by atoms with E-state index in [2.05, 4.69) is 110 Å². The molecule has 0 radical (unpaired) electrons. The van der Waals surface area contributed by atoms with E-state index in [1.54, 1.807) is 0 Å². The molecule has 39 heavy (non-hydrogen) atoms. The van der Waals surface area contributed by atoms with Gasteiger partial charge in [0.15, 0.2) is 0 Å². The maximum absolute atomic E-state index is 5.32. The van der Waals surface area contributed by atoms with E-state index < -0.39 is 0 Å². The van der Waals surface area contributed by atoms with Crippen LogP contribution in [0.3, 0.4) is 0 Å². The Morgan fingerprint density at radius 3 is 1.21 bits per heavy atom. The lowest BCUT2D eigenvalue weighted by atomic mass is 9.77. The number of hydrogen-bond donors (Lipinski definition) is 0. The van der Waals surface area contributed by atoms with Crippen molar-refractivity contribution in [1.29, 1.82) is 0 Å². The first kappa shape index (κ1) is 32.0. The van der Waals surface area contributed by atoms with E-state index >= 15 is 0 Å². The average molecular weight is 544 g/mol. The lowest BCUT2D eigenvalue weighted by molar-refractivity contribution is -0.0130. The fourth-order valence-corrected chi connectivity index (χ4v) is 7.34. The Morgan fingerprint density at radius 1 is 0.615 bits per heavy atom. The van der Waals surface area contributed by atoms with Gasteiger partial charge in [0.2, 0.25) is 11.9 Å². The molecule has 0 unspecified atom stereocenters. The molecule has 3 rings (SSSR count). The molecule has 224 valence electrons. The summed E-state index contributed by atoms with van der Waals surface area (Å²) < 4.78 is 0. The van der Waals surface area contributed by atoms with Crippen molar-refractivity contribution in [3.8, 4) is 0 Å². The van der Waals surface area contributed by atoms with Gasteiger partial charge in [-0.1, -0.05) is 26.7 Å². The maximum atomic E-state index is 5.32. The molecule has 0 spiro atoms. The summed E-state index contributed by atoms with van der Waals surface area (Å²) in [6, 6.07) is 0.801. The number of hydrogen-bond acceptors (Lipinski definition) is 7. The summed E-state index contributed by atoms with van der Waals surface area (Å²) >= 11 is 0. The molecule has 0 atom stereocenters. The van der Waals surface area contributed by atoms with Gasteiger partial charge in [-0.05, 0) is 115 Å². The van der Waals surface area contributed by atoms with Gasteiger partial charge in [-0.3, -0.25) is 9.80 Å². The minimum absolute atomic E-state index is 0.111. The Labute approximate surface area is 241 Å². The van der Waals surface area contributed by atoms with Crippen molar-refractivity contribution in [3.05, 3.63) is 5.82 Å². The van der Waals surface area contributed by atoms with Crippen molar-refractivity contribution < 1.29 is 0 Å². The quantitative estimate of drug-likeness (QED) is 0.326. The third-order valence-corrected chi connectivity index (χ3v) is 10.2. The predicted octanol–water partition coefficient (Wildman–Crippen LogP) is 6.70. The van der Waals surface area contributed by atoms with Gasteiger partial charge in [-0.2, -0.15) is 15.0 Å². The molecule has 2 aliphatic heterocycles. The zero-order valence-corrected chi connectivity index (χ0v) is 27.9. The minimum atomic E-state index is 0.111. The van der Waals surface area contributed by atoms with Gasteiger partial charge < -0.3 is 9.80 Å². The maximum Gasteiger partial charge on any atom is 0.230 e. The van der Waals surface area contributed by atoms with Crippen molar-refractivity contribution in [2.75, 3.05) is 37.0 Å². The molecule has 1 aromatic heterocycles. The Hall–Kier alpha value is -1.47. The van der Waals surface area contributed by atoms with E-state index in [0.29, 0.717) is 12.1 Å². The summed E-state index contributed by atoms with van der Waals surface area (Å²) in [5.41, 5.74) is 0.445. The van der Waals surface area contributed by atoms with Gasteiger partial charge >= 0.3 is 0 Å². The van der Waals surface area contributed by atoms with Crippen LogP contribution in [0.1, 0.15) is 126 Å². The van der Waals surface area contributed by atoms with Gasteiger partial charge in [0.05, 0.1) is 0 Å². The van der Waals surface area contributed by atoms with Crippen molar-refractivity contribution in [2.24, 2.45) is 0 Å². The molecule has 0 N–H and O–H groups in total. The summed E-state index contributed by atoms with van der Waals surface area (Å²) in [7, 11) is 4.57. The van der Waals surface area contributed by atoms with Crippen LogP contribution in [0, 0.1) is 6.92 Å². The SMILES string of the molecule is CCCCN(c1nc(C)nc(N(CCCC)C2CC(C)(C)N(C)C(C)(C)C2)n1)C1CC(C)(C)N(C)C(C)(C)C1. The Balaban J connectivity index is 2.04. The first-order valence-corrected chi connectivity index (χ1v) is 15.7. The van der Waals surface area contributed by atoms with Crippen LogP contribution >= 0.6 is 0 Å². The highest BCUT2D eigenvalue weighted by Gasteiger charge is 2.47. The number of nitrogens with zero attached hydrogens (tertiary/aromatic N) is 7. The molecule has 1 aromatic rings. The summed E-state index contributed by atoms with van der Waals surface area (Å²) in [5.74, 6) is 2.58. The summed E-state index contributed by atoms with van der Waals surface area (Å²) in [5, 5.41) is 0. The standard InChI is InChI=1S/C32H61N7/c1-14-16-18-38(25-20-29(4,5)36(12)30(6,7)21-25)27-33-24(3)34-28(35-27)39(19-17-15-2)26-22-31(8,9)37(13)32(10,11)23-26/h25-26H,14-23H2,1-13H3.